The number of benzene rings is 1. The van der Waals surface area contributed by atoms with Crippen molar-refractivity contribution in [2.24, 2.45) is 11.8 Å². The second-order valence-corrected chi connectivity index (χ2v) is 10.2. The lowest BCUT2D eigenvalue weighted by Gasteiger charge is -2.19. The number of imide groups is 1. The lowest BCUT2D eigenvalue weighted by molar-refractivity contribution is -0.140. The average Bonchev–Trinajstić information content (AvgIpc) is 3.36. The van der Waals surface area contributed by atoms with Gasteiger partial charge in [0.25, 0.3) is 0 Å². The minimum absolute atomic E-state index is 0.0139. The highest BCUT2D eigenvalue weighted by Gasteiger charge is 2.47. The maximum absolute atomic E-state index is 12.7. The van der Waals surface area contributed by atoms with Crippen molar-refractivity contribution in [1.82, 2.24) is 9.21 Å². The molecule has 2 aliphatic heterocycles. The van der Waals surface area contributed by atoms with Crippen LogP contribution >= 0.6 is 0 Å². The van der Waals surface area contributed by atoms with Crippen molar-refractivity contribution in [3.8, 4) is 0 Å². The molecule has 3 aliphatic rings. The highest BCUT2D eigenvalue weighted by Crippen LogP contribution is 2.38. The molecule has 162 valence electrons. The number of rotatable bonds is 6. The van der Waals surface area contributed by atoms with Crippen LogP contribution in [0.5, 0.6) is 0 Å². The van der Waals surface area contributed by atoms with Crippen LogP contribution in [0.15, 0.2) is 29.2 Å². The van der Waals surface area contributed by atoms with Crippen molar-refractivity contribution < 1.29 is 22.8 Å². The minimum atomic E-state index is -3.56. The lowest BCUT2D eigenvalue weighted by atomic mass is 9.81. The van der Waals surface area contributed by atoms with Gasteiger partial charge >= 0.3 is 0 Å². The van der Waals surface area contributed by atoms with Gasteiger partial charge in [-0.2, -0.15) is 4.31 Å². The van der Waals surface area contributed by atoms with E-state index in [1.807, 2.05) is 0 Å². The molecule has 1 saturated carbocycles. The number of hydrogen-bond donors (Lipinski definition) is 1. The van der Waals surface area contributed by atoms with Gasteiger partial charge in [0, 0.05) is 31.7 Å². The maximum Gasteiger partial charge on any atom is 0.243 e. The third-order valence-electron chi connectivity index (χ3n) is 6.32. The number of carbonyl (C=O) groups is 3. The zero-order chi connectivity index (χ0) is 21.3. The van der Waals surface area contributed by atoms with Crippen molar-refractivity contribution in [2.75, 3.05) is 25.0 Å². The SMILES string of the molecule is O=C(CCN1C(=O)[C@@H]2CCCC[C@H]2C1=O)Nc1cccc(S(=O)(=O)N2CCCC2)c1. The summed E-state index contributed by atoms with van der Waals surface area (Å²) >= 11 is 0. The first-order chi connectivity index (χ1) is 14.4. The van der Waals surface area contributed by atoms with Crippen LogP contribution in [0, 0.1) is 11.8 Å². The van der Waals surface area contributed by atoms with Gasteiger partial charge in [-0.1, -0.05) is 18.9 Å². The Balaban J connectivity index is 1.37. The molecular weight excluding hydrogens is 406 g/mol. The summed E-state index contributed by atoms with van der Waals surface area (Å²) in [5.41, 5.74) is 0.382. The monoisotopic (exact) mass is 433 g/mol. The summed E-state index contributed by atoms with van der Waals surface area (Å²) in [5.74, 6) is -1.11. The van der Waals surface area contributed by atoms with E-state index in [4.69, 9.17) is 0 Å². The molecule has 30 heavy (non-hydrogen) atoms. The zero-order valence-electron chi connectivity index (χ0n) is 16.9. The lowest BCUT2D eigenvalue weighted by Crippen LogP contribution is -2.34. The van der Waals surface area contributed by atoms with E-state index in [0.717, 1.165) is 38.5 Å². The summed E-state index contributed by atoms with van der Waals surface area (Å²) in [6, 6.07) is 6.19. The van der Waals surface area contributed by atoms with Crippen molar-refractivity contribution in [3.63, 3.8) is 0 Å². The van der Waals surface area contributed by atoms with Crippen molar-refractivity contribution in [1.29, 1.82) is 0 Å². The van der Waals surface area contributed by atoms with Gasteiger partial charge in [-0.25, -0.2) is 8.42 Å². The van der Waals surface area contributed by atoms with E-state index in [2.05, 4.69) is 5.32 Å². The molecule has 1 aromatic rings. The quantitative estimate of drug-likeness (QED) is 0.691. The molecule has 3 amide bonds. The highest BCUT2D eigenvalue weighted by molar-refractivity contribution is 7.89. The van der Waals surface area contributed by atoms with E-state index in [-0.39, 0.29) is 47.4 Å². The number of amides is 3. The van der Waals surface area contributed by atoms with Gasteiger partial charge in [-0.15, -0.1) is 0 Å². The van der Waals surface area contributed by atoms with Gasteiger partial charge < -0.3 is 5.32 Å². The molecular formula is C21H27N3O5S. The predicted molar refractivity (Wildman–Crippen MR) is 110 cm³/mol. The number of anilines is 1. The number of carbonyl (C=O) groups excluding carboxylic acids is 3. The van der Waals surface area contributed by atoms with Crippen LogP contribution in [0.3, 0.4) is 0 Å². The molecule has 0 radical (unpaired) electrons. The Bertz CT molecular complexity index is 931. The Kier molecular flexibility index (Phi) is 5.92. The number of nitrogens with one attached hydrogen (secondary N) is 1. The van der Waals surface area contributed by atoms with E-state index in [1.54, 1.807) is 12.1 Å². The smallest absolute Gasteiger partial charge is 0.243 e. The Labute approximate surface area is 176 Å². The van der Waals surface area contributed by atoms with E-state index in [1.165, 1.54) is 21.3 Å². The fourth-order valence-corrected chi connectivity index (χ4v) is 6.26. The third kappa shape index (κ3) is 4.00. The number of fused-ring (bicyclic) bond motifs is 1. The average molecular weight is 434 g/mol. The Morgan fingerprint density at radius 3 is 2.27 bits per heavy atom. The van der Waals surface area contributed by atoms with Gasteiger partial charge in [0.1, 0.15) is 0 Å². The second kappa shape index (κ2) is 8.47. The van der Waals surface area contributed by atoms with Gasteiger partial charge in [0.15, 0.2) is 0 Å². The van der Waals surface area contributed by atoms with Gasteiger partial charge in [0.05, 0.1) is 16.7 Å². The van der Waals surface area contributed by atoms with Crippen LogP contribution in [-0.4, -0.2) is 55.0 Å². The molecule has 8 nitrogen and oxygen atoms in total. The summed E-state index contributed by atoms with van der Waals surface area (Å²) in [7, 11) is -3.56. The number of sulfonamides is 1. The first-order valence-corrected chi connectivity index (χ1v) is 12.1. The maximum atomic E-state index is 12.7. The zero-order valence-corrected chi connectivity index (χ0v) is 17.7. The normalized spacial score (nSPS) is 24.9. The van der Waals surface area contributed by atoms with Crippen LogP contribution in [0.1, 0.15) is 44.9 Å². The van der Waals surface area contributed by atoms with E-state index in [9.17, 15) is 22.8 Å². The van der Waals surface area contributed by atoms with Gasteiger partial charge in [0.2, 0.25) is 27.7 Å². The fourth-order valence-electron chi connectivity index (χ4n) is 4.70. The van der Waals surface area contributed by atoms with Crippen LogP contribution in [0.4, 0.5) is 5.69 Å². The number of hydrogen-bond acceptors (Lipinski definition) is 5. The fraction of sp³-hybridized carbons (Fsp3) is 0.571. The van der Waals surface area contributed by atoms with E-state index >= 15 is 0 Å². The summed E-state index contributed by atoms with van der Waals surface area (Å²) in [4.78, 5) is 38.8. The molecule has 3 fully saturated rings. The minimum Gasteiger partial charge on any atom is -0.326 e. The molecule has 0 unspecified atom stereocenters. The second-order valence-electron chi connectivity index (χ2n) is 8.26. The van der Waals surface area contributed by atoms with Crippen LogP contribution < -0.4 is 5.32 Å². The third-order valence-corrected chi connectivity index (χ3v) is 8.21. The van der Waals surface area contributed by atoms with Crippen LogP contribution in [-0.2, 0) is 24.4 Å². The molecule has 0 spiro atoms. The van der Waals surface area contributed by atoms with E-state index < -0.39 is 10.0 Å². The van der Waals surface area contributed by atoms with Gasteiger partial charge in [-0.05, 0) is 43.9 Å². The molecule has 2 heterocycles. The largest absolute Gasteiger partial charge is 0.326 e. The van der Waals surface area contributed by atoms with Crippen molar-refractivity contribution in [3.05, 3.63) is 24.3 Å². The topological polar surface area (TPSA) is 104 Å². The van der Waals surface area contributed by atoms with E-state index in [0.29, 0.717) is 18.8 Å². The predicted octanol–water partition coefficient (Wildman–Crippen LogP) is 1.97. The first kappa shape index (κ1) is 21.0. The summed E-state index contributed by atoms with van der Waals surface area (Å²) in [6.07, 6.45) is 5.11. The molecule has 9 heteroatoms. The molecule has 0 bridgehead atoms. The Hall–Kier alpha value is -2.26. The van der Waals surface area contributed by atoms with Crippen molar-refractivity contribution in [2.45, 2.75) is 49.8 Å². The number of nitrogens with zero attached hydrogens (tertiary/aromatic N) is 2. The summed E-state index contributed by atoms with van der Waals surface area (Å²) < 4.78 is 26.9. The molecule has 1 N–H and O–H groups in total. The first-order valence-electron chi connectivity index (χ1n) is 10.6. The number of likely N-dealkylation sites (tertiary alicyclic amines) is 1. The molecule has 4 rings (SSSR count). The molecule has 0 aromatic heterocycles. The molecule has 2 saturated heterocycles. The molecule has 1 aliphatic carbocycles. The summed E-state index contributed by atoms with van der Waals surface area (Å²) in [5, 5.41) is 2.69. The molecule has 1 aromatic carbocycles. The van der Waals surface area contributed by atoms with Gasteiger partial charge in [-0.3, -0.25) is 19.3 Å². The van der Waals surface area contributed by atoms with Crippen LogP contribution in [0.2, 0.25) is 0 Å². The highest BCUT2D eigenvalue weighted by atomic mass is 32.2. The standard InChI is InChI=1S/C21H27N3O5S/c25-19(10-13-24-20(26)17-8-1-2-9-18(17)21(24)27)22-15-6-5-7-16(14-15)30(28,29)23-11-3-4-12-23/h5-7,14,17-18H,1-4,8-13H2,(H,22,25)/t17-,18-/m1/s1. The van der Waals surface area contributed by atoms with Crippen molar-refractivity contribution >= 4 is 33.4 Å². The Morgan fingerprint density at radius 1 is 1.00 bits per heavy atom. The Morgan fingerprint density at radius 2 is 1.63 bits per heavy atom. The molecule has 2 atom stereocenters. The summed E-state index contributed by atoms with van der Waals surface area (Å²) in [6.45, 7) is 1.08. The van der Waals surface area contributed by atoms with Crippen LogP contribution in [0.25, 0.3) is 0 Å².